The summed E-state index contributed by atoms with van der Waals surface area (Å²) in [7, 11) is 1.48. The van der Waals surface area contributed by atoms with Crippen LogP contribution in [-0.2, 0) is 4.79 Å². The third-order valence-electron chi connectivity index (χ3n) is 2.54. The van der Waals surface area contributed by atoms with E-state index < -0.39 is 24.7 Å². The second kappa shape index (κ2) is 5.92. The first-order chi connectivity index (χ1) is 8.74. The van der Waals surface area contributed by atoms with Gasteiger partial charge in [-0.3, -0.25) is 10.1 Å². The van der Waals surface area contributed by atoms with E-state index >= 15 is 0 Å². The first-order valence-corrected chi connectivity index (χ1v) is 5.48. The summed E-state index contributed by atoms with van der Waals surface area (Å²) in [6.45, 7) is 0.440. The van der Waals surface area contributed by atoms with E-state index in [4.69, 9.17) is 10.5 Å². The van der Waals surface area contributed by atoms with Crippen LogP contribution in [0.3, 0.4) is 0 Å². The molecule has 7 heteroatoms. The average Bonchev–Trinajstić information content (AvgIpc) is 2.27. The number of benzene rings is 1. The Hall–Kier alpha value is -1.76. The molecule has 0 saturated carbocycles. The monoisotopic (exact) mass is 276 g/mol. The van der Waals surface area contributed by atoms with Crippen molar-refractivity contribution in [3.63, 3.8) is 0 Å². The first-order valence-electron chi connectivity index (χ1n) is 5.48. The summed E-state index contributed by atoms with van der Waals surface area (Å²) in [4.78, 5) is 11.2. The van der Waals surface area contributed by atoms with Crippen molar-refractivity contribution >= 4 is 5.91 Å². The van der Waals surface area contributed by atoms with Gasteiger partial charge in [0.05, 0.1) is 13.7 Å². The molecule has 4 nitrogen and oxygen atoms in total. The van der Waals surface area contributed by atoms with Crippen molar-refractivity contribution in [1.82, 2.24) is 5.32 Å². The molecule has 0 aromatic heterocycles. The van der Waals surface area contributed by atoms with E-state index in [1.54, 1.807) is 19.1 Å². The molecule has 106 valence electrons. The Morgan fingerprint density at radius 1 is 1.47 bits per heavy atom. The van der Waals surface area contributed by atoms with Crippen molar-refractivity contribution in [2.75, 3.05) is 13.7 Å². The highest BCUT2D eigenvalue weighted by atomic mass is 19.4. The Labute approximate surface area is 108 Å². The minimum atomic E-state index is -4.41. The highest BCUT2D eigenvalue weighted by Gasteiger charge is 2.30. The van der Waals surface area contributed by atoms with Gasteiger partial charge in [0.2, 0.25) is 5.91 Å². The number of rotatable bonds is 5. The molecule has 1 unspecified atom stereocenters. The summed E-state index contributed by atoms with van der Waals surface area (Å²) in [5, 5.41) is 2.10. The van der Waals surface area contributed by atoms with Crippen LogP contribution in [0.4, 0.5) is 13.2 Å². The SMILES string of the molecule is COc1ccc(C(NCC(F)(F)F)C(N)=O)cc1C. The van der Waals surface area contributed by atoms with E-state index in [1.807, 2.05) is 0 Å². The maximum absolute atomic E-state index is 12.2. The molecule has 1 aromatic carbocycles. The molecule has 0 aliphatic carbocycles. The lowest BCUT2D eigenvalue weighted by atomic mass is 10.0. The number of carbonyl (C=O) groups is 1. The van der Waals surface area contributed by atoms with E-state index in [-0.39, 0.29) is 0 Å². The number of hydrogen-bond acceptors (Lipinski definition) is 3. The number of aryl methyl sites for hydroxylation is 1. The Kier molecular flexibility index (Phi) is 4.77. The van der Waals surface area contributed by atoms with E-state index in [2.05, 4.69) is 5.32 Å². The molecule has 1 aromatic rings. The van der Waals surface area contributed by atoms with Gasteiger partial charge in [0.15, 0.2) is 0 Å². The number of alkyl halides is 3. The molecular formula is C12H15F3N2O2. The van der Waals surface area contributed by atoms with Crippen LogP contribution in [0.2, 0.25) is 0 Å². The molecule has 0 radical (unpaired) electrons. The fraction of sp³-hybridized carbons (Fsp3) is 0.417. The maximum Gasteiger partial charge on any atom is 0.401 e. The lowest BCUT2D eigenvalue weighted by molar-refractivity contribution is -0.130. The summed E-state index contributed by atoms with van der Waals surface area (Å²) in [5.41, 5.74) is 6.20. The summed E-state index contributed by atoms with van der Waals surface area (Å²) in [6.07, 6.45) is -4.41. The van der Waals surface area contributed by atoms with Gasteiger partial charge in [-0.25, -0.2) is 0 Å². The van der Waals surface area contributed by atoms with Crippen LogP contribution in [0.15, 0.2) is 18.2 Å². The van der Waals surface area contributed by atoms with Gasteiger partial charge in [-0.2, -0.15) is 13.2 Å². The van der Waals surface area contributed by atoms with E-state index in [0.717, 1.165) is 0 Å². The number of amides is 1. The molecule has 19 heavy (non-hydrogen) atoms. The van der Waals surface area contributed by atoms with Gasteiger partial charge >= 0.3 is 6.18 Å². The van der Waals surface area contributed by atoms with Gasteiger partial charge in [0.25, 0.3) is 0 Å². The van der Waals surface area contributed by atoms with Crippen LogP contribution >= 0.6 is 0 Å². The van der Waals surface area contributed by atoms with Gasteiger partial charge in [-0.05, 0) is 24.1 Å². The molecule has 1 rings (SSSR count). The van der Waals surface area contributed by atoms with Crippen LogP contribution < -0.4 is 15.8 Å². The van der Waals surface area contributed by atoms with Gasteiger partial charge in [0, 0.05) is 0 Å². The first kappa shape index (κ1) is 15.3. The molecule has 0 aliphatic heterocycles. The summed E-state index contributed by atoms with van der Waals surface area (Å²) >= 11 is 0. The zero-order valence-corrected chi connectivity index (χ0v) is 10.5. The number of halogens is 3. The Morgan fingerprint density at radius 2 is 2.11 bits per heavy atom. The highest BCUT2D eigenvalue weighted by molar-refractivity contribution is 5.81. The van der Waals surface area contributed by atoms with Crippen LogP contribution in [0.5, 0.6) is 5.75 Å². The third kappa shape index (κ3) is 4.44. The van der Waals surface area contributed by atoms with E-state index in [0.29, 0.717) is 16.9 Å². The molecule has 0 aliphatic rings. The molecule has 0 fully saturated rings. The van der Waals surface area contributed by atoms with Crippen molar-refractivity contribution in [2.45, 2.75) is 19.1 Å². The predicted octanol–water partition coefficient (Wildman–Crippen LogP) is 1.68. The van der Waals surface area contributed by atoms with Crippen molar-refractivity contribution in [1.29, 1.82) is 0 Å². The van der Waals surface area contributed by atoms with Crippen LogP contribution in [0.25, 0.3) is 0 Å². The second-order valence-electron chi connectivity index (χ2n) is 4.06. The number of carbonyl (C=O) groups excluding carboxylic acids is 1. The number of primary amides is 1. The minimum Gasteiger partial charge on any atom is -0.496 e. The highest BCUT2D eigenvalue weighted by Crippen LogP contribution is 2.23. The summed E-state index contributed by atoms with van der Waals surface area (Å²) in [5.74, 6) is -0.281. The van der Waals surface area contributed by atoms with Gasteiger partial charge in [-0.15, -0.1) is 0 Å². The van der Waals surface area contributed by atoms with E-state index in [1.165, 1.54) is 13.2 Å². The molecule has 0 saturated heterocycles. The van der Waals surface area contributed by atoms with Gasteiger partial charge < -0.3 is 10.5 Å². The molecule has 0 spiro atoms. The molecule has 0 heterocycles. The predicted molar refractivity (Wildman–Crippen MR) is 63.7 cm³/mol. The summed E-state index contributed by atoms with van der Waals surface area (Å²) < 4.78 is 41.5. The number of nitrogens with one attached hydrogen (secondary N) is 1. The quantitative estimate of drug-likeness (QED) is 0.860. The number of ether oxygens (including phenoxy) is 1. The normalized spacial score (nSPS) is 13.1. The zero-order chi connectivity index (χ0) is 14.6. The largest absolute Gasteiger partial charge is 0.496 e. The van der Waals surface area contributed by atoms with Crippen molar-refractivity contribution in [3.8, 4) is 5.75 Å². The summed E-state index contributed by atoms with van der Waals surface area (Å²) in [6, 6.07) is 3.46. The third-order valence-corrected chi connectivity index (χ3v) is 2.54. The van der Waals surface area contributed by atoms with Crippen LogP contribution in [-0.4, -0.2) is 25.7 Å². The average molecular weight is 276 g/mol. The molecule has 3 N–H and O–H groups in total. The fourth-order valence-electron chi connectivity index (χ4n) is 1.68. The van der Waals surface area contributed by atoms with Crippen molar-refractivity contribution in [2.24, 2.45) is 5.73 Å². The number of nitrogens with two attached hydrogens (primary N) is 1. The molecule has 1 atom stereocenters. The Morgan fingerprint density at radius 3 is 2.53 bits per heavy atom. The molecular weight excluding hydrogens is 261 g/mol. The molecule has 1 amide bonds. The van der Waals surface area contributed by atoms with E-state index in [9.17, 15) is 18.0 Å². The van der Waals surface area contributed by atoms with Gasteiger partial charge in [-0.1, -0.05) is 12.1 Å². The number of methoxy groups -OCH3 is 1. The minimum absolute atomic E-state index is 0.370. The van der Waals surface area contributed by atoms with Crippen LogP contribution in [0.1, 0.15) is 17.2 Å². The maximum atomic E-state index is 12.2. The van der Waals surface area contributed by atoms with Crippen LogP contribution in [0, 0.1) is 6.92 Å². The fourth-order valence-corrected chi connectivity index (χ4v) is 1.68. The lowest BCUT2D eigenvalue weighted by Crippen LogP contribution is -2.39. The Balaban J connectivity index is 2.93. The smallest absolute Gasteiger partial charge is 0.401 e. The van der Waals surface area contributed by atoms with Gasteiger partial charge in [0.1, 0.15) is 11.8 Å². The number of hydrogen-bond donors (Lipinski definition) is 2. The molecule has 0 bridgehead atoms. The Bertz CT molecular complexity index is 461. The topological polar surface area (TPSA) is 64.3 Å². The standard InChI is InChI=1S/C12H15F3N2O2/c1-7-5-8(3-4-9(7)19-2)10(11(16)18)17-6-12(13,14)15/h3-5,10,17H,6H2,1-2H3,(H2,16,18). The zero-order valence-electron chi connectivity index (χ0n) is 10.5. The van der Waals surface area contributed by atoms with Crippen molar-refractivity contribution in [3.05, 3.63) is 29.3 Å². The lowest BCUT2D eigenvalue weighted by Gasteiger charge is -2.18. The second-order valence-corrected chi connectivity index (χ2v) is 4.06. The van der Waals surface area contributed by atoms with Crippen molar-refractivity contribution < 1.29 is 22.7 Å².